The first-order valence-corrected chi connectivity index (χ1v) is 9.87. The molecular weight excluding hydrogens is 391 g/mol. The Bertz CT molecular complexity index is 1020. The highest BCUT2D eigenvalue weighted by molar-refractivity contribution is 7.17. The van der Waals surface area contributed by atoms with Crippen LogP contribution >= 0.6 is 11.3 Å². The quantitative estimate of drug-likeness (QED) is 0.576. The third-order valence-corrected chi connectivity index (χ3v) is 5.48. The number of carbonyl (C=O) groups is 2. The van der Waals surface area contributed by atoms with Crippen molar-refractivity contribution in [1.82, 2.24) is 10.6 Å². The van der Waals surface area contributed by atoms with Crippen molar-refractivity contribution >= 4 is 23.2 Å². The molecule has 2 amide bonds. The summed E-state index contributed by atoms with van der Waals surface area (Å²) < 4.78 is 18.9. The largest absolute Gasteiger partial charge is 0.495 e. The molecule has 2 N–H and O–H groups in total. The molecule has 0 spiro atoms. The van der Waals surface area contributed by atoms with Crippen LogP contribution in [-0.2, 0) is 0 Å². The Morgan fingerprint density at radius 1 is 1.00 bits per heavy atom. The maximum atomic E-state index is 13.6. The van der Waals surface area contributed by atoms with E-state index in [0.29, 0.717) is 16.2 Å². The van der Waals surface area contributed by atoms with Gasteiger partial charge in [0.25, 0.3) is 11.8 Å². The van der Waals surface area contributed by atoms with Crippen molar-refractivity contribution < 1.29 is 18.7 Å². The van der Waals surface area contributed by atoms with Gasteiger partial charge in [-0.25, -0.2) is 4.39 Å². The van der Waals surface area contributed by atoms with E-state index in [1.807, 2.05) is 36.4 Å². The van der Waals surface area contributed by atoms with Gasteiger partial charge in [-0.1, -0.05) is 36.4 Å². The molecule has 0 atom stereocenters. The third-order valence-electron chi connectivity index (χ3n) is 4.31. The molecule has 29 heavy (non-hydrogen) atoms. The minimum Gasteiger partial charge on any atom is -0.495 e. The fraction of sp³-hybridized carbons (Fsp3) is 0.182. The average molecular weight is 412 g/mol. The molecule has 1 heterocycles. The third kappa shape index (κ3) is 5.00. The second kappa shape index (κ2) is 9.34. The van der Waals surface area contributed by atoms with Gasteiger partial charge in [0.2, 0.25) is 0 Å². The van der Waals surface area contributed by atoms with E-state index in [1.165, 1.54) is 24.5 Å². The highest BCUT2D eigenvalue weighted by Gasteiger charge is 2.17. The van der Waals surface area contributed by atoms with Crippen molar-refractivity contribution in [1.29, 1.82) is 0 Å². The van der Waals surface area contributed by atoms with Crippen LogP contribution in [0, 0.1) is 12.7 Å². The average Bonchev–Trinajstić information content (AvgIpc) is 3.18. The van der Waals surface area contributed by atoms with Gasteiger partial charge < -0.3 is 15.4 Å². The molecule has 150 valence electrons. The smallest absolute Gasteiger partial charge is 0.265 e. The molecule has 0 bridgehead atoms. The molecule has 0 saturated carbocycles. The molecule has 2 aromatic carbocycles. The van der Waals surface area contributed by atoms with E-state index in [4.69, 9.17) is 4.74 Å². The number of aryl methyl sites for hydroxylation is 1. The number of hydrogen-bond donors (Lipinski definition) is 2. The van der Waals surface area contributed by atoms with E-state index in [2.05, 4.69) is 10.6 Å². The SMILES string of the molecule is COc1cc(-c2ccccc2)sc1C(=O)NCCNC(=O)c1ccc(C)c(F)c1. The molecule has 5 nitrogen and oxygen atoms in total. The summed E-state index contributed by atoms with van der Waals surface area (Å²) in [7, 11) is 1.52. The van der Waals surface area contributed by atoms with Gasteiger partial charge in [0, 0.05) is 23.5 Å². The van der Waals surface area contributed by atoms with Gasteiger partial charge in [0.1, 0.15) is 16.4 Å². The predicted octanol–water partition coefficient (Wildman–Crippen LogP) is 4.03. The van der Waals surface area contributed by atoms with Crippen molar-refractivity contribution in [2.24, 2.45) is 0 Å². The van der Waals surface area contributed by atoms with E-state index in [-0.39, 0.29) is 24.6 Å². The van der Waals surface area contributed by atoms with Gasteiger partial charge in [-0.3, -0.25) is 9.59 Å². The zero-order valence-electron chi connectivity index (χ0n) is 16.1. The maximum Gasteiger partial charge on any atom is 0.265 e. The predicted molar refractivity (Wildman–Crippen MR) is 112 cm³/mol. The van der Waals surface area contributed by atoms with Gasteiger partial charge in [-0.05, 0) is 36.2 Å². The second-order valence-electron chi connectivity index (χ2n) is 6.35. The van der Waals surface area contributed by atoms with E-state index in [0.717, 1.165) is 10.4 Å². The Balaban J connectivity index is 1.56. The van der Waals surface area contributed by atoms with Crippen molar-refractivity contribution in [2.75, 3.05) is 20.2 Å². The molecule has 0 aliphatic heterocycles. The summed E-state index contributed by atoms with van der Waals surface area (Å²) in [5.74, 6) is -0.585. The van der Waals surface area contributed by atoms with E-state index < -0.39 is 11.7 Å². The summed E-state index contributed by atoms with van der Waals surface area (Å²) in [5, 5.41) is 5.43. The summed E-state index contributed by atoms with van der Waals surface area (Å²) in [4.78, 5) is 26.0. The number of hydrogen-bond acceptors (Lipinski definition) is 4. The minimum absolute atomic E-state index is 0.222. The first-order chi connectivity index (χ1) is 14.0. The molecule has 3 aromatic rings. The first kappa shape index (κ1) is 20.5. The molecule has 0 saturated heterocycles. The van der Waals surface area contributed by atoms with Gasteiger partial charge in [-0.2, -0.15) is 0 Å². The molecule has 0 aliphatic rings. The molecule has 0 unspecified atom stereocenters. The number of methoxy groups -OCH3 is 1. The van der Waals surface area contributed by atoms with Crippen LogP contribution < -0.4 is 15.4 Å². The zero-order chi connectivity index (χ0) is 20.8. The lowest BCUT2D eigenvalue weighted by atomic mass is 10.1. The Hall–Kier alpha value is -3.19. The minimum atomic E-state index is -0.426. The highest BCUT2D eigenvalue weighted by atomic mass is 32.1. The molecular formula is C22H21FN2O3S. The summed E-state index contributed by atoms with van der Waals surface area (Å²) in [6.45, 7) is 2.09. The molecule has 1 aromatic heterocycles. The number of ether oxygens (including phenoxy) is 1. The Kier molecular flexibility index (Phi) is 6.61. The van der Waals surface area contributed by atoms with Crippen molar-refractivity contribution in [3.8, 4) is 16.2 Å². The van der Waals surface area contributed by atoms with Crippen LogP contribution in [-0.4, -0.2) is 32.0 Å². The van der Waals surface area contributed by atoms with Crippen LogP contribution in [0.5, 0.6) is 5.75 Å². The molecule has 7 heteroatoms. The fourth-order valence-corrected chi connectivity index (χ4v) is 3.74. The Labute approximate surface area is 172 Å². The number of nitrogens with one attached hydrogen (secondary N) is 2. The van der Waals surface area contributed by atoms with Crippen molar-refractivity contribution in [2.45, 2.75) is 6.92 Å². The lowest BCUT2D eigenvalue weighted by Gasteiger charge is -2.08. The van der Waals surface area contributed by atoms with Crippen LogP contribution in [0.15, 0.2) is 54.6 Å². The maximum absolute atomic E-state index is 13.6. The second-order valence-corrected chi connectivity index (χ2v) is 7.40. The fourth-order valence-electron chi connectivity index (χ4n) is 2.70. The van der Waals surface area contributed by atoms with E-state index in [9.17, 15) is 14.0 Å². The lowest BCUT2D eigenvalue weighted by molar-refractivity contribution is 0.0928. The molecule has 0 aliphatic carbocycles. The van der Waals surface area contributed by atoms with Crippen LogP contribution in [0.4, 0.5) is 4.39 Å². The number of thiophene rings is 1. The summed E-state index contributed by atoms with van der Waals surface area (Å²) >= 11 is 1.34. The number of carbonyl (C=O) groups excluding carboxylic acids is 2. The first-order valence-electron chi connectivity index (χ1n) is 9.05. The molecule has 3 rings (SSSR count). The Morgan fingerprint density at radius 3 is 2.34 bits per heavy atom. The molecule has 0 fully saturated rings. The number of rotatable bonds is 7. The number of benzene rings is 2. The monoisotopic (exact) mass is 412 g/mol. The topological polar surface area (TPSA) is 67.4 Å². The van der Waals surface area contributed by atoms with Gasteiger partial charge in [0.15, 0.2) is 0 Å². The standard InChI is InChI=1S/C22H21FN2O3S/c1-14-8-9-16(12-17(14)23)21(26)24-10-11-25-22(27)20-18(28-2)13-19(29-20)15-6-4-3-5-7-15/h3-9,12-13H,10-11H2,1-2H3,(H,24,26)(H,25,27). The number of amides is 2. The summed E-state index contributed by atoms with van der Waals surface area (Å²) in [6.07, 6.45) is 0. The van der Waals surface area contributed by atoms with Crippen LogP contribution in [0.3, 0.4) is 0 Å². The van der Waals surface area contributed by atoms with Gasteiger partial charge in [-0.15, -0.1) is 11.3 Å². The van der Waals surface area contributed by atoms with Crippen LogP contribution in [0.25, 0.3) is 10.4 Å². The molecule has 0 radical (unpaired) electrons. The highest BCUT2D eigenvalue weighted by Crippen LogP contribution is 2.36. The van der Waals surface area contributed by atoms with Crippen LogP contribution in [0.1, 0.15) is 25.6 Å². The van der Waals surface area contributed by atoms with Crippen molar-refractivity contribution in [3.05, 3.63) is 76.4 Å². The summed E-state index contributed by atoms with van der Waals surface area (Å²) in [6, 6.07) is 15.9. The van der Waals surface area contributed by atoms with Crippen LogP contribution in [0.2, 0.25) is 0 Å². The lowest BCUT2D eigenvalue weighted by Crippen LogP contribution is -2.34. The van der Waals surface area contributed by atoms with E-state index in [1.54, 1.807) is 19.1 Å². The summed E-state index contributed by atoms with van der Waals surface area (Å²) in [5.41, 5.74) is 1.73. The Morgan fingerprint density at radius 2 is 1.69 bits per heavy atom. The van der Waals surface area contributed by atoms with E-state index >= 15 is 0 Å². The zero-order valence-corrected chi connectivity index (χ0v) is 16.9. The normalized spacial score (nSPS) is 10.4. The van der Waals surface area contributed by atoms with Gasteiger partial charge in [0.05, 0.1) is 7.11 Å². The van der Waals surface area contributed by atoms with Gasteiger partial charge >= 0.3 is 0 Å². The van der Waals surface area contributed by atoms with Crippen molar-refractivity contribution in [3.63, 3.8) is 0 Å². The number of halogens is 1.